The average molecular weight is 306 g/mol. The second-order valence-corrected chi connectivity index (χ2v) is 5.92. The molecule has 2 heterocycles. The third-order valence-corrected chi connectivity index (χ3v) is 4.57. The minimum atomic E-state index is -0.314. The molecule has 0 aliphatic carbocycles. The Kier molecular flexibility index (Phi) is 4.53. The third kappa shape index (κ3) is 3.10. The number of benzene rings is 1. The lowest BCUT2D eigenvalue weighted by molar-refractivity contribution is 0.198. The smallest absolute Gasteiger partial charge is 0.165 e. The van der Waals surface area contributed by atoms with Crippen molar-refractivity contribution in [2.45, 2.75) is 6.04 Å². The number of hydrogen-bond donors (Lipinski definition) is 1. The highest BCUT2D eigenvalue weighted by Gasteiger charge is 2.25. The quantitative estimate of drug-likeness (QED) is 0.940. The molecule has 3 nitrogen and oxygen atoms in total. The van der Waals surface area contributed by atoms with Crippen LogP contribution in [0.3, 0.4) is 0 Å². The molecule has 0 spiro atoms. The molecule has 1 fully saturated rings. The van der Waals surface area contributed by atoms with Gasteiger partial charge in [-0.15, -0.1) is 0 Å². The maximum Gasteiger partial charge on any atom is 0.165 e. The van der Waals surface area contributed by atoms with Crippen LogP contribution in [-0.2, 0) is 0 Å². The molecule has 1 saturated heterocycles. The van der Waals surface area contributed by atoms with Crippen molar-refractivity contribution in [3.05, 3.63) is 52.0 Å². The molecule has 1 aromatic heterocycles. The second kappa shape index (κ2) is 6.56. The summed E-state index contributed by atoms with van der Waals surface area (Å²) in [4.78, 5) is 2.44. The van der Waals surface area contributed by atoms with E-state index in [1.54, 1.807) is 11.3 Å². The summed E-state index contributed by atoms with van der Waals surface area (Å²) < 4.78 is 18.8. The molecule has 0 bridgehead atoms. The van der Waals surface area contributed by atoms with Crippen LogP contribution in [0.4, 0.5) is 4.39 Å². The second-order valence-electron chi connectivity index (χ2n) is 5.14. The lowest BCUT2D eigenvalue weighted by Crippen LogP contribution is -2.45. The highest BCUT2D eigenvalue weighted by molar-refractivity contribution is 7.08. The summed E-state index contributed by atoms with van der Waals surface area (Å²) in [6, 6.07) is 7.48. The van der Waals surface area contributed by atoms with Crippen molar-refractivity contribution in [3.8, 4) is 5.75 Å². The molecule has 2 aromatic rings. The van der Waals surface area contributed by atoms with E-state index in [9.17, 15) is 4.39 Å². The van der Waals surface area contributed by atoms with E-state index in [1.165, 1.54) is 18.7 Å². The number of nitrogens with zero attached hydrogens (tertiary/aromatic N) is 1. The molecule has 112 valence electrons. The van der Waals surface area contributed by atoms with Crippen LogP contribution in [-0.4, -0.2) is 38.2 Å². The van der Waals surface area contributed by atoms with Gasteiger partial charge in [0.1, 0.15) is 0 Å². The number of thiophene rings is 1. The predicted octanol–water partition coefficient (Wildman–Crippen LogP) is 2.89. The van der Waals surface area contributed by atoms with Crippen molar-refractivity contribution >= 4 is 11.3 Å². The van der Waals surface area contributed by atoms with E-state index >= 15 is 0 Å². The molecule has 1 aromatic carbocycles. The molecule has 0 radical (unpaired) electrons. The Morgan fingerprint density at radius 3 is 2.71 bits per heavy atom. The summed E-state index contributed by atoms with van der Waals surface area (Å²) in [7, 11) is 1.51. The number of piperazine rings is 1. The SMILES string of the molecule is COc1cc([C@@H](c2ccsc2)N2CCNCC2)ccc1F. The molecular formula is C16H19FN2OS. The molecular weight excluding hydrogens is 287 g/mol. The molecule has 0 amide bonds. The van der Waals surface area contributed by atoms with E-state index in [1.807, 2.05) is 12.1 Å². The topological polar surface area (TPSA) is 24.5 Å². The normalized spacial score (nSPS) is 17.6. The fourth-order valence-corrected chi connectivity index (χ4v) is 3.51. The molecule has 1 aliphatic rings. The van der Waals surface area contributed by atoms with Crippen LogP contribution in [0.2, 0.25) is 0 Å². The molecule has 3 rings (SSSR count). The van der Waals surface area contributed by atoms with Crippen LogP contribution in [0.25, 0.3) is 0 Å². The van der Waals surface area contributed by atoms with E-state index in [-0.39, 0.29) is 11.9 Å². The summed E-state index contributed by atoms with van der Waals surface area (Å²) in [6.07, 6.45) is 0. The van der Waals surface area contributed by atoms with Crippen LogP contribution in [0.1, 0.15) is 17.2 Å². The number of hydrogen-bond acceptors (Lipinski definition) is 4. The van der Waals surface area contributed by atoms with Gasteiger partial charge in [0.15, 0.2) is 11.6 Å². The monoisotopic (exact) mass is 306 g/mol. The zero-order valence-electron chi connectivity index (χ0n) is 12.0. The fourth-order valence-electron chi connectivity index (χ4n) is 2.83. The number of rotatable bonds is 4. The lowest BCUT2D eigenvalue weighted by Gasteiger charge is -2.35. The van der Waals surface area contributed by atoms with Gasteiger partial charge in [-0.2, -0.15) is 11.3 Å². The predicted molar refractivity (Wildman–Crippen MR) is 83.6 cm³/mol. The fraction of sp³-hybridized carbons (Fsp3) is 0.375. The van der Waals surface area contributed by atoms with Gasteiger partial charge in [-0.25, -0.2) is 4.39 Å². The summed E-state index contributed by atoms with van der Waals surface area (Å²) >= 11 is 1.69. The standard InChI is InChI=1S/C16H19FN2OS/c1-20-15-10-12(2-3-14(15)17)16(13-4-9-21-11-13)19-7-5-18-6-8-19/h2-4,9-11,16,18H,5-8H2,1H3/t16-/m0/s1. The van der Waals surface area contributed by atoms with E-state index < -0.39 is 0 Å². The van der Waals surface area contributed by atoms with Gasteiger partial charge >= 0.3 is 0 Å². The average Bonchev–Trinajstić information content (AvgIpc) is 3.04. The first-order valence-electron chi connectivity index (χ1n) is 7.10. The Morgan fingerprint density at radius 2 is 2.05 bits per heavy atom. The molecule has 0 unspecified atom stereocenters. The van der Waals surface area contributed by atoms with Crippen molar-refractivity contribution in [2.24, 2.45) is 0 Å². The van der Waals surface area contributed by atoms with Gasteiger partial charge in [0.2, 0.25) is 0 Å². The Hall–Kier alpha value is -1.43. The Morgan fingerprint density at radius 1 is 1.24 bits per heavy atom. The maximum atomic E-state index is 13.7. The molecule has 0 saturated carbocycles. The first kappa shape index (κ1) is 14.5. The van der Waals surface area contributed by atoms with Crippen molar-refractivity contribution in [2.75, 3.05) is 33.3 Å². The largest absolute Gasteiger partial charge is 0.494 e. The Bertz CT molecular complexity index is 582. The first-order chi connectivity index (χ1) is 10.3. The lowest BCUT2D eigenvalue weighted by atomic mass is 9.98. The van der Waals surface area contributed by atoms with Crippen molar-refractivity contribution in [1.29, 1.82) is 0 Å². The summed E-state index contributed by atoms with van der Waals surface area (Å²) in [5.74, 6) is -0.00602. The van der Waals surface area contributed by atoms with Gasteiger partial charge in [-0.3, -0.25) is 4.90 Å². The number of ether oxygens (including phenoxy) is 1. The summed E-state index contributed by atoms with van der Waals surface area (Å²) in [5, 5.41) is 7.63. The number of methoxy groups -OCH3 is 1. The van der Waals surface area contributed by atoms with Crippen molar-refractivity contribution in [3.63, 3.8) is 0 Å². The molecule has 5 heteroatoms. The van der Waals surface area contributed by atoms with Crippen LogP contribution in [0.15, 0.2) is 35.0 Å². The highest BCUT2D eigenvalue weighted by Crippen LogP contribution is 2.33. The van der Waals surface area contributed by atoms with E-state index in [0.29, 0.717) is 5.75 Å². The van der Waals surface area contributed by atoms with E-state index in [4.69, 9.17) is 4.74 Å². The molecule has 1 aliphatic heterocycles. The summed E-state index contributed by atoms with van der Waals surface area (Å²) in [5.41, 5.74) is 2.34. The van der Waals surface area contributed by atoms with Gasteiger partial charge in [-0.1, -0.05) is 6.07 Å². The zero-order chi connectivity index (χ0) is 14.7. The van der Waals surface area contributed by atoms with E-state index in [2.05, 4.69) is 27.0 Å². The van der Waals surface area contributed by atoms with Crippen LogP contribution >= 0.6 is 11.3 Å². The van der Waals surface area contributed by atoms with Gasteiger partial charge < -0.3 is 10.1 Å². The minimum Gasteiger partial charge on any atom is -0.494 e. The highest BCUT2D eigenvalue weighted by atomic mass is 32.1. The van der Waals surface area contributed by atoms with Crippen LogP contribution in [0.5, 0.6) is 5.75 Å². The van der Waals surface area contributed by atoms with Gasteiger partial charge in [0, 0.05) is 26.2 Å². The number of nitrogens with one attached hydrogen (secondary N) is 1. The summed E-state index contributed by atoms with van der Waals surface area (Å²) in [6.45, 7) is 3.94. The Labute approximate surface area is 128 Å². The first-order valence-corrected chi connectivity index (χ1v) is 8.04. The van der Waals surface area contributed by atoms with Crippen molar-refractivity contribution in [1.82, 2.24) is 10.2 Å². The van der Waals surface area contributed by atoms with E-state index in [0.717, 1.165) is 31.7 Å². The van der Waals surface area contributed by atoms with Gasteiger partial charge in [-0.05, 0) is 40.1 Å². The zero-order valence-corrected chi connectivity index (χ0v) is 12.8. The van der Waals surface area contributed by atoms with Gasteiger partial charge in [0.25, 0.3) is 0 Å². The third-order valence-electron chi connectivity index (χ3n) is 3.87. The number of halogens is 1. The van der Waals surface area contributed by atoms with Crippen LogP contribution < -0.4 is 10.1 Å². The maximum absolute atomic E-state index is 13.7. The Balaban J connectivity index is 1.98. The minimum absolute atomic E-state index is 0.160. The molecule has 1 N–H and O–H groups in total. The molecule has 1 atom stereocenters. The van der Waals surface area contributed by atoms with Crippen LogP contribution in [0, 0.1) is 5.82 Å². The molecule has 21 heavy (non-hydrogen) atoms. The van der Waals surface area contributed by atoms with Gasteiger partial charge in [0.05, 0.1) is 13.2 Å². The van der Waals surface area contributed by atoms with Crippen molar-refractivity contribution < 1.29 is 9.13 Å².